The van der Waals surface area contributed by atoms with E-state index in [0.29, 0.717) is 13.0 Å². The fourth-order valence-corrected chi connectivity index (χ4v) is 1.61. The van der Waals surface area contributed by atoms with Gasteiger partial charge in [0.25, 0.3) is 0 Å². The molecule has 0 saturated carbocycles. The summed E-state index contributed by atoms with van der Waals surface area (Å²) in [6.45, 7) is 9.33. The summed E-state index contributed by atoms with van der Waals surface area (Å²) in [6.07, 6.45) is 1.03. The fourth-order valence-electron chi connectivity index (χ4n) is 1.61. The van der Waals surface area contributed by atoms with Crippen LogP contribution < -0.4 is 5.32 Å². The molecule has 1 aliphatic heterocycles. The van der Waals surface area contributed by atoms with Gasteiger partial charge in [-0.05, 0) is 26.8 Å². The summed E-state index contributed by atoms with van der Waals surface area (Å²) < 4.78 is 10.3. The minimum Gasteiger partial charge on any atom is -0.444 e. The van der Waals surface area contributed by atoms with Crippen molar-refractivity contribution in [3.8, 4) is 0 Å². The highest BCUT2D eigenvalue weighted by Crippen LogP contribution is 2.21. The summed E-state index contributed by atoms with van der Waals surface area (Å²) >= 11 is 0. The van der Waals surface area contributed by atoms with Crippen molar-refractivity contribution in [2.24, 2.45) is 0 Å². The van der Waals surface area contributed by atoms with E-state index >= 15 is 0 Å². The number of rotatable bonds is 3. The minimum absolute atomic E-state index is 0.164. The maximum atomic E-state index is 11.8. The van der Waals surface area contributed by atoms with Gasteiger partial charge in [-0.2, -0.15) is 0 Å². The van der Waals surface area contributed by atoms with E-state index in [4.69, 9.17) is 9.47 Å². The number of carbonyl (C=O) groups excluding carboxylic acids is 2. The van der Waals surface area contributed by atoms with Crippen molar-refractivity contribution in [3.05, 3.63) is 12.7 Å². The van der Waals surface area contributed by atoms with Crippen molar-refractivity contribution in [3.63, 3.8) is 0 Å². The van der Waals surface area contributed by atoms with E-state index < -0.39 is 17.2 Å². The second-order valence-corrected chi connectivity index (χ2v) is 5.08. The second-order valence-electron chi connectivity index (χ2n) is 5.08. The third-order valence-electron chi connectivity index (χ3n) is 2.42. The van der Waals surface area contributed by atoms with Crippen LogP contribution in [-0.2, 0) is 14.3 Å². The molecule has 96 valence electrons. The van der Waals surface area contributed by atoms with Crippen LogP contribution >= 0.6 is 0 Å². The molecule has 1 amide bonds. The van der Waals surface area contributed by atoms with E-state index in [1.165, 1.54) is 6.08 Å². The highest BCUT2D eigenvalue weighted by Gasteiger charge is 2.42. The first kappa shape index (κ1) is 13.7. The molecule has 1 aliphatic rings. The molecule has 0 aliphatic carbocycles. The van der Waals surface area contributed by atoms with Crippen LogP contribution in [0.5, 0.6) is 0 Å². The SMILES string of the molecule is C=CC(=O)C1(NC(=O)OC(C)(C)C)CCOC1. The number of alkyl carbamates (subject to hydrolysis) is 1. The Hall–Kier alpha value is -1.36. The number of ether oxygens (including phenoxy) is 2. The van der Waals surface area contributed by atoms with E-state index in [1.54, 1.807) is 20.8 Å². The van der Waals surface area contributed by atoms with Gasteiger partial charge in [0.05, 0.1) is 6.61 Å². The Kier molecular flexibility index (Phi) is 3.93. The van der Waals surface area contributed by atoms with Crippen molar-refractivity contribution < 1.29 is 19.1 Å². The Labute approximate surface area is 101 Å². The van der Waals surface area contributed by atoms with Crippen LogP contribution in [-0.4, -0.2) is 36.2 Å². The van der Waals surface area contributed by atoms with E-state index in [2.05, 4.69) is 11.9 Å². The molecule has 5 heteroatoms. The molecule has 5 nitrogen and oxygen atoms in total. The quantitative estimate of drug-likeness (QED) is 0.759. The van der Waals surface area contributed by atoms with Gasteiger partial charge in [0, 0.05) is 13.0 Å². The number of hydrogen-bond acceptors (Lipinski definition) is 4. The van der Waals surface area contributed by atoms with Crippen molar-refractivity contribution in [1.82, 2.24) is 5.32 Å². The van der Waals surface area contributed by atoms with E-state index in [1.807, 2.05) is 0 Å². The molecule has 0 aromatic heterocycles. The molecule has 0 aromatic carbocycles. The first-order valence-electron chi connectivity index (χ1n) is 5.55. The van der Waals surface area contributed by atoms with Gasteiger partial charge in [0.15, 0.2) is 5.78 Å². The highest BCUT2D eigenvalue weighted by atomic mass is 16.6. The molecule has 0 spiro atoms. The van der Waals surface area contributed by atoms with Crippen molar-refractivity contribution in [2.45, 2.75) is 38.3 Å². The van der Waals surface area contributed by atoms with Crippen molar-refractivity contribution in [1.29, 1.82) is 0 Å². The molecule has 1 fully saturated rings. The van der Waals surface area contributed by atoms with Gasteiger partial charge < -0.3 is 14.8 Å². The van der Waals surface area contributed by atoms with Gasteiger partial charge in [0.2, 0.25) is 0 Å². The zero-order valence-corrected chi connectivity index (χ0v) is 10.5. The Balaban J connectivity index is 2.71. The monoisotopic (exact) mass is 241 g/mol. The Morgan fingerprint density at radius 2 is 2.12 bits per heavy atom. The lowest BCUT2D eigenvalue weighted by Crippen LogP contribution is -2.55. The van der Waals surface area contributed by atoms with Crippen LogP contribution in [0.3, 0.4) is 0 Å². The van der Waals surface area contributed by atoms with Gasteiger partial charge in [-0.25, -0.2) is 4.79 Å². The lowest BCUT2D eigenvalue weighted by atomic mass is 9.93. The highest BCUT2D eigenvalue weighted by molar-refractivity contribution is 5.99. The summed E-state index contributed by atoms with van der Waals surface area (Å²) in [5, 5.41) is 2.59. The minimum atomic E-state index is -1.01. The normalized spacial score (nSPS) is 24.2. The average Bonchev–Trinajstić information content (AvgIpc) is 2.63. The zero-order valence-electron chi connectivity index (χ0n) is 10.5. The van der Waals surface area contributed by atoms with Crippen LogP contribution in [0.2, 0.25) is 0 Å². The molecule has 1 N–H and O–H groups in total. The summed E-state index contributed by atoms with van der Waals surface area (Å²) in [4.78, 5) is 23.4. The van der Waals surface area contributed by atoms with Gasteiger partial charge in [-0.3, -0.25) is 4.79 Å². The number of carbonyl (C=O) groups is 2. The molecule has 0 aromatic rings. The summed E-state index contributed by atoms with van der Waals surface area (Å²) in [5.41, 5.74) is -1.61. The van der Waals surface area contributed by atoms with Gasteiger partial charge in [-0.1, -0.05) is 6.58 Å². The maximum Gasteiger partial charge on any atom is 0.408 e. The third-order valence-corrected chi connectivity index (χ3v) is 2.42. The predicted octanol–water partition coefficient (Wildman–Crippen LogP) is 1.43. The number of amides is 1. The largest absolute Gasteiger partial charge is 0.444 e. The first-order chi connectivity index (χ1) is 7.79. The lowest BCUT2D eigenvalue weighted by Gasteiger charge is -2.28. The standard InChI is InChI=1S/C12H19NO4/c1-5-9(14)12(6-7-16-8-12)13-10(15)17-11(2,3)4/h5H,1,6-8H2,2-4H3,(H,13,15). The average molecular weight is 241 g/mol. The molecular formula is C12H19NO4. The molecule has 1 unspecified atom stereocenters. The molecule has 1 rings (SSSR count). The summed E-state index contributed by atoms with van der Waals surface area (Å²) in [7, 11) is 0. The molecular weight excluding hydrogens is 222 g/mol. The molecule has 0 radical (unpaired) electrons. The summed E-state index contributed by atoms with van der Waals surface area (Å²) in [5.74, 6) is -0.249. The molecule has 17 heavy (non-hydrogen) atoms. The first-order valence-corrected chi connectivity index (χ1v) is 5.55. The third kappa shape index (κ3) is 3.56. The van der Waals surface area contributed by atoms with Gasteiger partial charge >= 0.3 is 6.09 Å². The Morgan fingerprint density at radius 1 is 1.47 bits per heavy atom. The maximum absolute atomic E-state index is 11.8. The van der Waals surface area contributed by atoms with Crippen LogP contribution in [0.15, 0.2) is 12.7 Å². The number of hydrogen-bond donors (Lipinski definition) is 1. The van der Waals surface area contributed by atoms with Crippen LogP contribution in [0, 0.1) is 0 Å². The topological polar surface area (TPSA) is 64.6 Å². The van der Waals surface area contributed by atoms with Crippen LogP contribution in [0.25, 0.3) is 0 Å². The van der Waals surface area contributed by atoms with E-state index in [-0.39, 0.29) is 12.4 Å². The van der Waals surface area contributed by atoms with Crippen LogP contribution in [0.1, 0.15) is 27.2 Å². The van der Waals surface area contributed by atoms with Gasteiger partial charge in [-0.15, -0.1) is 0 Å². The van der Waals surface area contributed by atoms with Crippen molar-refractivity contribution >= 4 is 11.9 Å². The summed E-state index contributed by atoms with van der Waals surface area (Å²) in [6, 6.07) is 0. The molecule has 1 heterocycles. The lowest BCUT2D eigenvalue weighted by molar-refractivity contribution is -0.120. The van der Waals surface area contributed by atoms with E-state index in [0.717, 1.165) is 0 Å². The zero-order chi connectivity index (χ0) is 13.1. The smallest absolute Gasteiger partial charge is 0.408 e. The van der Waals surface area contributed by atoms with Crippen molar-refractivity contribution in [2.75, 3.05) is 13.2 Å². The Morgan fingerprint density at radius 3 is 2.53 bits per heavy atom. The number of ketones is 1. The van der Waals surface area contributed by atoms with Crippen LogP contribution in [0.4, 0.5) is 4.79 Å². The number of nitrogens with one attached hydrogen (secondary N) is 1. The molecule has 0 bridgehead atoms. The molecule has 1 atom stereocenters. The van der Waals surface area contributed by atoms with E-state index in [9.17, 15) is 9.59 Å². The second kappa shape index (κ2) is 4.87. The predicted molar refractivity (Wildman–Crippen MR) is 62.7 cm³/mol. The Bertz CT molecular complexity index is 324. The fraction of sp³-hybridized carbons (Fsp3) is 0.667. The van der Waals surface area contributed by atoms with Gasteiger partial charge in [0.1, 0.15) is 11.1 Å². The molecule has 1 saturated heterocycles.